The van der Waals surface area contributed by atoms with Crippen LogP contribution in [0.3, 0.4) is 0 Å². The second-order valence-electron chi connectivity index (χ2n) is 6.15. The fourth-order valence-electron chi connectivity index (χ4n) is 1.93. The van der Waals surface area contributed by atoms with Crippen LogP contribution < -0.4 is 10.0 Å². The van der Waals surface area contributed by atoms with E-state index >= 15 is 0 Å². The summed E-state index contributed by atoms with van der Waals surface area (Å²) in [6.45, 7) is 10.1. The maximum absolute atomic E-state index is 12.3. The monoisotopic (exact) mass is 341 g/mol. The zero-order valence-electron chi connectivity index (χ0n) is 13.4. The summed E-state index contributed by atoms with van der Waals surface area (Å²) in [7, 11) is -3.47. The Kier molecular flexibility index (Phi) is 5.21. The molecule has 0 bridgehead atoms. The van der Waals surface area contributed by atoms with Gasteiger partial charge in [-0.05, 0) is 24.7 Å². The van der Waals surface area contributed by atoms with Crippen molar-refractivity contribution in [3.8, 4) is 0 Å². The molecule has 1 heterocycles. The number of sulfonamides is 1. The van der Waals surface area contributed by atoms with Gasteiger partial charge in [0.1, 0.15) is 0 Å². The third-order valence-corrected chi connectivity index (χ3v) is 6.06. The van der Waals surface area contributed by atoms with Gasteiger partial charge < -0.3 is 5.32 Å². The molecule has 0 aliphatic carbocycles. The van der Waals surface area contributed by atoms with Crippen LogP contribution in [0, 0.1) is 0 Å². The van der Waals surface area contributed by atoms with Crippen molar-refractivity contribution in [3.05, 3.63) is 23.2 Å². The lowest BCUT2D eigenvalue weighted by molar-refractivity contribution is 0.577. The highest BCUT2D eigenvalue weighted by atomic mass is 32.2. The Morgan fingerprint density at radius 3 is 2.59 bits per heavy atom. The summed E-state index contributed by atoms with van der Waals surface area (Å²) in [4.78, 5) is 4.88. The minimum absolute atomic E-state index is 0.0349. The normalized spacial score (nSPS) is 12.9. The van der Waals surface area contributed by atoms with E-state index < -0.39 is 10.0 Å². The van der Waals surface area contributed by atoms with Gasteiger partial charge in [-0.3, -0.25) is 0 Å². The van der Waals surface area contributed by atoms with Crippen LogP contribution in [0.2, 0.25) is 0 Å². The van der Waals surface area contributed by atoms with Crippen LogP contribution in [0.5, 0.6) is 0 Å². The highest BCUT2D eigenvalue weighted by Crippen LogP contribution is 2.32. The van der Waals surface area contributed by atoms with Crippen molar-refractivity contribution < 1.29 is 8.42 Å². The fraction of sp³-hybridized carbons (Fsp3) is 0.533. The van der Waals surface area contributed by atoms with Gasteiger partial charge in [-0.1, -0.05) is 27.7 Å². The first-order valence-electron chi connectivity index (χ1n) is 7.35. The number of nitrogens with zero attached hydrogens (tertiary/aromatic N) is 1. The van der Waals surface area contributed by atoms with E-state index in [-0.39, 0.29) is 5.41 Å². The third kappa shape index (κ3) is 4.04. The van der Waals surface area contributed by atoms with Gasteiger partial charge in [0.2, 0.25) is 10.0 Å². The molecule has 0 unspecified atom stereocenters. The van der Waals surface area contributed by atoms with E-state index in [1.165, 1.54) is 0 Å². The molecule has 7 heteroatoms. The number of aromatic nitrogens is 1. The van der Waals surface area contributed by atoms with E-state index in [9.17, 15) is 8.42 Å². The van der Waals surface area contributed by atoms with E-state index in [4.69, 9.17) is 0 Å². The second kappa shape index (κ2) is 6.62. The van der Waals surface area contributed by atoms with Crippen molar-refractivity contribution in [2.75, 3.05) is 19.6 Å². The second-order valence-corrected chi connectivity index (χ2v) is 8.95. The molecule has 5 nitrogen and oxygen atoms in total. The van der Waals surface area contributed by atoms with Crippen LogP contribution in [-0.4, -0.2) is 33.0 Å². The molecule has 0 atom stereocenters. The maximum atomic E-state index is 12.3. The summed E-state index contributed by atoms with van der Waals surface area (Å²) in [6, 6.07) is 5.10. The number of thiazole rings is 1. The lowest BCUT2D eigenvalue weighted by atomic mass is 9.98. The minimum Gasteiger partial charge on any atom is -0.316 e. The first kappa shape index (κ1) is 17.3. The lowest BCUT2D eigenvalue weighted by Crippen LogP contribution is -2.31. The average Bonchev–Trinajstić information content (AvgIpc) is 2.86. The molecule has 2 aromatic rings. The summed E-state index contributed by atoms with van der Waals surface area (Å²) < 4.78 is 28.1. The molecule has 122 valence electrons. The van der Waals surface area contributed by atoms with Crippen LogP contribution in [0.15, 0.2) is 23.1 Å². The van der Waals surface area contributed by atoms with E-state index in [0.717, 1.165) is 21.8 Å². The summed E-state index contributed by atoms with van der Waals surface area (Å²) in [6.07, 6.45) is 0. The van der Waals surface area contributed by atoms with Crippen LogP contribution in [-0.2, 0) is 15.4 Å². The standard InChI is InChI=1S/C15H23N3O2S2/c1-5-16-8-9-17-22(19,20)11-6-7-12-13(10-11)21-14(18-12)15(2,3)4/h6-7,10,16-17H,5,8-9H2,1-4H3. The van der Waals surface area contributed by atoms with Gasteiger partial charge >= 0.3 is 0 Å². The van der Waals surface area contributed by atoms with Gasteiger partial charge in [0.05, 0.1) is 20.1 Å². The maximum Gasteiger partial charge on any atom is 0.240 e. The largest absolute Gasteiger partial charge is 0.316 e. The van der Waals surface area contributed by atoms with Crippen molar-refractivity contribution >= 4 is 31.6 Å². The molecule has 0 fully saturated rings. The first-order chi connectivity index (χ1) is 10.2. The van der Waals surface area contributed by atoms with Crippen LogP contribution in [0.4, 0.5) is 0 Å². The molecule has 2 rings (SSSR count). The summed E-state index contributed by atoms with van der Waals surface area (Å²) in [5.41, 5.74) is 0.814. The summed E-state index contributed by atoms with van der Waals surface area (Å²) >= 11 is 1.55. The van der Waals surface area contributed by atoms with E-state index in [0.29, 0.717) is 18.0 Å². The topological polar surface area (TPSA) is 71.1 Å². The molecule has 2 N–H and O–H groups in total. The average molecular weight is 342 g/mol. The van der Waals surface area contributed by atoms with Gasteiger partial charge in [-0.25, -0.2) is 18.1 Å². The minimum atomic E-state index is -3.47. The van der Waals surface area contributed by atoms with Crippen molar-refractivity contribution in [1.82, 2.24) is 15.0 Å². The Bertz CT molecular complexity index is 746. The molecule has 22 heavy (non-hydrogen) atoms. The molecular weight excluding hydrogens is 318 g/mol. The molecule has 0 radical (unpaired) electrons. The zero-order valence-corrected chi connectivity index (χ0v) is 15.1. The zero-order chi connectivity index (χ0) is 16.4. The molecule has 1 aromatic carbocycles. The van der Waals surface area contributed by atoms with Crippen LogP contribution in [0.1, 0.15) is 32.7 Å². The number of hydrogen-bond donors (Lipinski definition) is 2. The molecule has 0 spiro atoms. The molecule has 0 aliphatic rings. The highest BCUT2D eigenvalue weighted by molar-refractivity contribution is 7.89. The number of hydrogen-bond acceptors (Lipinski definition) is 5. The Labute approximate surface area is 136 Å². The van der Waals surface area contributed by atoms with E-state index in [1.807, 2.05) is 6.92 Å². The van der Waals surface area contributed by atoms with Crippen molar-refractivity contribution in [2.24, 2.45) is 0 Å². The van der Waals surface area contributed by atoms with Gasteiger partial charge in [-0.2, -0.15) is 0 Å². The Morgan fingerprint density at radius 2 is 1.95 bits per heavy atom. The summed E-state index contributed by atoms with van der Waals surface area (Å²) in [5, 5.41) is 4.10. The predicted molar refractivity (Wildman–Crippen MR) is 92.1 cm³/mol. The number of benzene rings is 1. The first-order valence-corrected chi connectivity index (χ1v) is 9.65. The van der Waals surface area contributed by atoms with Gasteiger partial charge in [0, 0.05) is 18.5 Å². The van der Waals surface area contributed by atoms with Crippen molar-refractivity contribution in [2.45, 2.75) is 38.0 Å². The van der Waals surface area contributed by atoms with E-state index in [1.54, 1.807) is 29.5 Å². The lowest BCUT2D eigenvalue weighted by Gasteiger charge is -2.13. The summed E-state index contributed by atoms with van der Waals surface area (Å²) in [5.74, 6) is 0. The van der Waals surface area contributed by atoms with Gasteiger partial charge in [-0.15, -0.1) is 11.3 Å². The Hall–Kier alpha value is -1.02. The molecule has 0 saturated heterocycles. The molecule has 0 saturated carbocycles. The number of fused-ring (bicyclic) bond motifs is 1. The molecule has 1 aromatic heterocycles. The smallest absolute Gasteiger partial charge is 0.240 e. The van der Waals surface area contributed by atoms with Crippen molar-refractivity contribution in [3.63, 3.8) is 0 Å². The molecule has 0 amide bonds. The number of nitrogens with one attached hydrogen (secondary N) is 2. The van der Waals surface area contributed by atoms with Crippen LogP contribution in [0.25, 0.3) is 10.2 Å². The number of likely N-dealkylation sites (N-methyl/N-ethyl adjacent to an activating group) is 1. The molecule has 0 aliphatic heterocycles. The van der Waals surface area contributed by atoms with Crippen LogP contribution >= 0.6 is 11.3 Å². The van der Waals surface area contributed by atoms with Crippen molar-refractivity contribution in [1.29, 1.82) is 0 Å². The Balaban J connectivity index is 2.25. The Morgan fingerprint density at radius 1 is 1.23 bits per heavy atom. The van der Waals surface area contributed by atoms with Gasteiger partial charge in [0.25, 0.3) is 0 Å². The number of rotatable bonds is 6. The quantitative estimate of drug-likeness (QED) is 0.792. The SMILES string of the molecule is CCNCCNS(=O)(=O)c1ccc2nc(C(C)(C)C)sc2c1. The molecular formula is C15H23N3O2S2. The van der Waals surface area contributed by atoms with Gasteiger partial charge in [0.15, 0.2) is 0 Å². The fourth-order valence-corrected chi connectivity index (χ4v) is 4.12. The third-order valence-electron chi connectivity index (χ3n) is 3.16. The highest BCUT2D eigenvalue weighted by Gasteiger charge is 2.20. The predicted octanol–water partition coefficient (Wildman–Crippen LogP) is 2.48. The van der Waals surface area contributed by atoms with E-state index in [2.05, 4.69) is 35.8 Å².